The van der Waals surface area contributed by atoms with Crippen LogP contribution in [0.15, 0.2) is 0 Å². The second kappa shape index (κ2) is 12.7. The van der Waals surface area contributed by atoms with E-state index in [1.165, 1.54) is 49.1 Å². The van der Waals surface area contributed by atoms with E-state index in [1.807, 2.05) is 0 Å². The third-order valence-corrected chi connectivity index (χ3v) is 8.26. The molecule has 0 amide bonds. The molecule has 0 heterocycles. The van der Waals surface area contributed by atoms with Crippen LogP contribution in [-0.4, -0.2) is 13.1 Å². The first-order valence-corrected chi connectivity index (χ1v) is 11.2. The van der Waals surface area contributed by atoms with E-state index in [1.54, 1.807) is 0 Å². The molecule has 0 aromatic heterocycles. The minimum absolute atomic E-state index is 1.08. The van der Waals surface area contributed by atoms with Crippen LogP contribution in [0.4, 0.5) is 0 Å². The van der Waals surface area contributed by atoms with Crippen molar-refractivity contribution in [2.24, 2.45) is 0 Å². The van der Waals surface area contributed by atoms with Gasteiger partial charge in [-0.3, -0.25) is 0 Å². The van der Waals surface area contributed by atoms with E-state index < -0.39 is 13.1 Å². The highest BCUT2D eigenvalue weighted by atomic mass is 27.2. The molecule has 0 N–H and O–H groups in total. The molecule has 0 fully saturated rings. The van der Waals surface area contributed by atoms with Gasteiger partial charge in [-0.2, -0.15) is 22.4 Å². The van der Waals surface area contributed by atoms with Crippen LogP contribution in [0.25, 0.3) is 0 Å². The molecule has 0 bridgehead atoms. The third kappa shape index (κ3) is 9.22. The van der Waals surface area contributed by atoms with Crippen molar-refractivity contribution in [3.63, 3.8) is 0 Å². The first-order valence-electron chi connectivity index (χ1n) is 8.43. The average Bonchev–Trinajstić information content (AvgIpc) is 2.45. The second-order valence-electron chi connectivity index (χ2n) is 5.62. The van der Waals surface area contributed by atoms with Crippen molar-refractivity contribution in [1.29, 1.82) is 0 Å². The lowest BCUT2D eigenvalue weighted by Crippen LogP contribution is -2.29. The molecule has 0 saturated heterocycles. The first kappa shape index (κ1) is 18.7. The third-order valence-electron chi connectivity index (χ3n) is 3.96. The van der Waals surface area contributed by atoms with Crippen LogP contribution in [0.5, 0.6) is 0 Å². The molecule has 0 aromatic carbocycles. The molecule has 0 spiro atoms. The molecule has 0 unspecified atom stereocenters. The Labute approximate surface area is 124 Å². The SMILES string of the molecule is CCCCCC#[C][Al-]([C]#CCCCCC)([CH2]C)[CH2]C. The highest BCUT2D eigenvalue weighted by Gasteiger charge is 2.20. The first-order chi connectivity index (χ1) is 9.24. The Hall–Kier alpha value is -0.348. The normalized spacial score (nSPS) is 10.3. The topological polar surface area (TPSA) is 0 Å². The zero-order chi connectivity index (χ0) is 14.4. The fraction of sp³-hybridized carbons (Fsp3) is 0.778. The van der Waals surface area contributed by atoms with Crippen molar-refractivity contribution < 1.29 is 0 Å². The monoisotopic (exact) mass is 275 g/mol. The summed E-state index contributed by atoms with van der Waals surface area (Å²) >= 11 is -1.89. The van der Waals surface area contributed by atoms with Crippen molar-refractivity contribution in [2.75, 3.05) is 0 Å². The van der Waals surface area contributed by atoms with Crippen molar-refractivity contribution in [2.45, 2.75) is 89.6 Å². The van der Waals surface area contributed by atoms with Crippen LogP contribution in [0.3, 0.4) is 0 Å². The number of rotatable bonds is 8. The predicted octanol–water partition coefficient (Wildman–Crippen LogP) is 5.72. The highest BCUT2D eigenvalue weighted by Crippen LogP contribution is 2.13. The molecule has 0 aliphatic rings. The summed E-state index contributed by atoms with van der Waals surface area (Å²) < 4.78 is 0. The van der Waals surface area contributed by atoms with Crippen LogP contribution < -0.4 is 0 Å². The molecule has 0 aromatic rings. The van der Waals surface area contributed by atoms with E-state index in [2.05, 4.69) is 49.1 Å². The fourth-order valence-electron chi connectivity index (χ4n) is 2.19. The standard InChI is InChI=1S/2C7H11.2C2H5.Al/c2*1-3-5-7-6-4-2;2*1-2;/h2*3,5-7H2,1H3;2*1H2,2H3;/q;;;;-1. The number of hydrogen-bond donors (Lipinski definition) is 0. The summed E-state index contributed by atoms with van der Waals surface area (Å²) in [5.74, 6) is 6.87. The summed E-state index contributed by atoms with van der Waals surface area (Å²) in [7, 11) is 0. The van der Waals surface area contributed by atoms with Gasteiger partial charge in [0, 0.05) is 12.8 Å². The van der Waals surface area contributed by atoms with Crippen molar-refractivity contribution in [1.82, 2.24) is 0 Å². The maximum absolute atomic E-state index is 3.63. The summed E-state index contributed by atoms with van der Waals surface area (Å²) in [5, 5.41) is 2.43. The van der Waals surface area contributed by atoms with Gasteiger partial charge in [0.05, 0.1) is 0 Å². The summed E-state index contributed by atoms with van der Waals surface area (Å²) in [5.41, 5.74) is 0. The molecule has 0 saturated carbocycles. The largest absolute Gasteiger partial charge is 0.337 e. The molecule has 1 heteroatoms. The zero-order valence-electron chi connectivity index (χ0n) is 13.6. The molecule has 0 radical (unpaired) electrons. The van der Waals surface area contributed by atoms with Crippen molar-refractivity contribution in [3.05, 3.63) is 0 Å². The van der Waals surface area contributed by atoms with Crippen molar-refractivity contribution in [3.8, 4) is 21.4 Å². The number of hydrogen-bond acceptors (Lipinski definition) is 0. The highest BCUT2D eigenvalue weighted by molar-refractivity contribution is 6.94. The Balaban J connectivity index is 4.39. The molecule has 0 atom stereocenters. The van der Waals surface area contributed by atoms with Gasteiger partial charge in [-0.25, -0.2) is 0 Å². The average molecular weight is 275 g/mol. The van der Waals surface area contributed by atoms with Gasteiger partial charge in [-0.1, -0.05) is 39.5 Å². The molecular formula is C18H32Al-. The molecule has 108 valence electrons. The molecule has 0 aliphatic heterocycles. The Morgan fingerprint density at radius 2 is 1.05 bits per heavy atom. The smallest absolute Gasteiger partial charge is 0.309 e. The maximum Gasteiger partial charge on any atom is 0.309 e. The van der Waals surface area contributed by atoms with Gasteiger partial charge < -0.3 is 9.56 Å². The molecule has 19 heavy (non-hydrogen) atoms. The van der Waals surface area contributed by atoms with Gasteiger partial charge in [0.2, 0.25) is 0 Å². The summed E-state index contributed by atoms with van der Waals surface area (Å²) in [4.78, 5) is 7.25. The van der Waals surface area contributed by atoms with E-state index in [4.69, 9.17) is 0 Å². The van der Waals surface area contributed by atoms with E-state index in [-0.39, 0.29) is 0 Å². The Kier molecular flexibility index (Phi) is 12.4. The Bertz CT molecular complexity index is 287. The predicted molar refractivity (Wildman–Crippen MR) is 90.6 cm³/mol. The Morgan fingerprint density at radius 3 is 1.37 bits per heavy atom. The van der Waals surface area contributed by atoms with Crippen LogP contribution in [0.1, 0.15) is 79.1 Å². The minimum Gasteiger partial charge on any atom is -0.337 e. The van der Waals surface area contributed by atoms with Gasteiger partial charge in [0.15, 0.2) is 0 Å². The Morgan fingerprint density at radius 1 is 0.632 bits per heavy atom. The van der Waals surface area contributed by atoms with Gasteiger partial charge >= 0.3 is 13.1 Å². The fourth-order valence-corrected chi connectivity index (χ4v) is 4.73. The molecule has 0 nitrogen and oxygen atoms in total. The summed E-state index contributed by atoms with van der Waals surface area (Å²) in [6, 6.07) is 0. The maximum atomic E-state index is 3.63. The van der Waals surface area contributed by atoms with Crippen LogP contribution in [0, 0.1) is 21.4 Å². The van der Waals surface area contributed by atoms with Crippen LogP contribution >= 0.6 is 0 Å². The summed E-state index contributed by atoms with van der Waals surface area (Å²) in [6.45, 7) is 9.06. The lowest BCUT2D eigenvalue weighted by molar-refractivity contribution is 0.737. The van der Waals surface area contributed by atoms with Crippen LogP contribution in [-0.2, 0) is 0 Å². The van der Waals surface area contributed by atoms with E-state index >= 15 is 0 Å². The molecular weight excluding hydrogens is 243 g/mol. The minimum atomic E-state index is -1.89. The lowest BCUT2D eigenvalue weighted by atomic mass is 10.2. The van der Waals surface area contributed by atoms with Crippen LogP contribution in [0.2, 0.25) is 10.6 Å². The molecule has 0 aliphatic carbocycles. The van der Waals surface area contributed by atoms with Crippen molar-refractivity contribution >= 4 is 13.1 Å². The quantitative estimate of drug-likeness (QED) is 0.302. The lowest BCUT2D eigenvalue weighted by Gasteiger charge is -2.20. The van der Waals surface area contributed by atoms with E-state index in [9.17, 15) is 0 Å². The van der Waals surface area contributed by atoms with Gasteiger partial charge in [-0.15, -0.1) is 13.8 Å². The van der Waals surface area contributed by atoms with E-state index in [0.717, 1.165) is 12.8 Å². The molecule has 0 rings (SSSR count). The second-order valence-corrected chi connectivity index (χ2v) is 10.3. The van der Waals surface area contributed by atoms with E-state index in [0.29, 0.717) is 0 Å². The number of unbranched alkanes of at least 4 members (excludes halogenated alkanes) is 6. The van der Waals surface area contributed by atoms with Gasteiger partial charge in [0.1, 0.15) is 0 Å². The zero-order valence-corrected chi connectivity index (χ0v) is 14.8. The van der Waals surface area contributed by atoms with Gasteiger partial charge in [-0.05, 0) is 12.8 Å². The van der Waals surface area contributed by atoms with Gasteiger partial charge in [0.25, 0.3) is 0 Å². The summed E-state index contributed by atoms with van der Waals surface area (Å²) in [6.07, 6.45) is 9.86.